The topological polar surface area (TPSA) is 66.4 Å². The molecule has 0 spiro atoms. The first-order chi connectivity index (χ1) is 13.9. The number of carbonyl (C=O) groups is 2. The van der Waals surface area contributed by atoms with E-state index in [4.69, 9.17) is 0 Å². The lowest BCUT2D eigenvalue weighted by Crippen LogP contribution is -2.61. The van der Waals surface area contributed by atoms with Gasteiger partial charge in [0.25, 0.3) is 0 Å². The third-order valence-electron chi connectivity index (χ3n) is 9.97. The van der Waals surface area contributed by atoms with Crippen molar-refractivity contribution >= 4 is 23.3 Å². The number of aliphatic hydroxyl groups is 1. The van der Waals surface area contributed by atoms with Crippen molar-refractivity contribution in [3.63, 3.8) is 0 Å². The largest absolute Gasteiger partial charge is 0.396 e. The number of ketones is 2. The standard InChI is InChI=1S/C24H37NO3S/c1-23-8-5-14(29-15-7-10-25-12-15)11-19(23)16(13-26)22(28)21-17-3-4-20(27)24(17,2)9-6-18(21)23/h14-19,21,25-26H,3-13H2,1-2H3/t14?,15-,16?,17-,18+,19?,21-,23+,24-/m0/s1. The molecule has 0 radical (unpaired) electrons. The van der Waals surface area contributed by atoms with Gasteiger partial charge in [-0.1, -0.05) is 13.8 Å². The van der Waals surface area contributed by atoms with Crippen LogP contribution in [0.25, 0.3) is 0 Å². The number of fused-ring (bicyclic) bond motifs is 5. The van der Waals surface area contributed by atoms with E-state index in [0.717, 1.165) is 38.8 Å². The zero-order valence-corrected chi connectivity index (χ0v) is 18.8. The molecule has 4 aliphatic carbocycles. The van der Waals surface area contributed by atoms with Crippen LogP contribution in [0.2, 0.25) is 0 Å². The van der Waals surface area contributed by atoms with Gasteiger partial charge in [0.15, 0.2) is 0 Å². The molecule has 4 saturated carbocycles. The molecule has 3 unspecified atom stereocenters. The van der Waals surface area contributed by atoms with Crippen LogP contribution in [0.4, 0.5) is 0 Å². The van der Waals surface area contributed by atoms with E-state index in [1.54, 1.807) is 0 Å². The summed E-state index contributed by atoms with van der Waals surface area (Å²) in [6.07, 6.45) is 8.27. The summed E-state index contributed by atoms with van der Waals surface area (Å²) in [5, 5.41) is 15.1. The molecule has 4 nitrogen and oxygen atoms in total. The summed E-state index contributed by atoms with van der Waals surface area (Å²) >= 11 is 2.14. The molecule has 9 atom stereocenters. The van der Waals surface area contributed by atoms with Crippen molar-refractivity contribution in [2.45, 2.75) is 75.7 Å². The Morgan fingerprint density at radius 1 is 1.03 bits per heavy atom. The Balaban J connectivity index is 1.42. The highest BCUT2D eigenvalue weighted by atomic mass is 32.2. The number of Topliss-reactive ketones (excluding diaryl/α,β-unsaturated/α-hetero) is 2. The third kappa shape index (κ3) is 3.01. The fraction of sp³-hybridized carbons (Fsp3) is 0.917. The molecule has 2 N–H and O–H groups in total. The molecule has 0 bridgehead atoms. The van der Waals surface area contributed by atoms with E-state index in [-0.39, 0.29) is 35.2 Å². The van der Waals surface area contributed by atoms with Crippen LogP contribution in [0.1, 0.15) is 65.2 Å². The van der Waals surface area contributed by atoms with Gasteiger partial charge in [-0.25, -0.2) is 0 Å². The maximum absolute atomic E-state index is 13.7. The van der Waals surface area contributed by atoms with Crippen molar-refractivity contribution in [1.29, 1.82) is 0 Å². The fourth-order valence-corrected chi connectivity index (χ4v) is 9.85. The average Bonchev–Trinajstić information content (AvgIpc) is 3.31. The van der Waals surface area contributed by atoms with Crippen LogP contribution >= 0.6 is 11.8 Å². The molecule has 0 amide bonds. The Morgan fingerprint density at radius 3 is 2.59 bits per heavy atom. The highest BCUT2D eigenvalue weighted by Gasteiger charge is 2.65. The molecule has 5 aliphatic rings. The predicted octanol–water partition coefficient (Wildman–Crippen LogP) is 3.46. The lowest BCUT2D eigenvalue weighted by molar-refractivity contribution is -0.169. The molecule has 0 aromatic heterocycles. The van der Waals surface area contributed by atoms with Crippen LogP contribution in [0.3, 0.4) is 0 Å². The van der Waals surface area contributed by atoms with Crippen LogP contribution in [0.15, 0.2) is 0 Å². The average molecular weight is 420 g/mol. The second-order valence-corrected chi connectivity index (χ2v) is 12.7. The molecule has 5 rings (SSSR count). The van der Waals surface area contributed by atoms with Crippen molar-refractivity contribution in [2.75, 3.05) is 19.7 Å². The van der Waals surface area contributed by atoms with Gasteiger partial charge in [-0.3, -0.25) is 9.59 Å². The molecule has 5 fully saturated rings. The van der Waals surface area contributed by atoms with E-state index in [2.05, 4.69) is 30.9 Å². The van der Waals surface area contributed by atoms with Crippen molar-refractivity contribution < 1.29 is 14.7 Å². The van der Waals surface area contributed by atoms with Gasteiger partial charge in [0.1, 0.15) is 11.6 Å². The second kappa shape index (κ2) is 7.34. The quantitative estimate of drug-likeness (QED) is 0.733. The van der Waals surface area contributed by atoms with E-state index in [1.165, 1.54) is 19.3 Å². The minimum Gasteiger partial charge on any atom is -0.396 e. The van der Waals surface area contributed by atoms with E-state index in [1.807, 2.05) is 0 Å². The van der Waals surface area contributed by atoms with E-state index >= 15 is 0 Å². The smallest absolute Gasteiger partial charge is 0.142 e. The number of hydrogen-bond acceptors (Lipinski definition) is 5. The van der Waals surface area contributed by atoms with Crippen molar-refractivity contribution in [2.24, 2.45) is 40.4 Å². The Hall–Kier alpha value is -0.390. The zero-order chi connectivity index (χ0) is 20.4. The van der Waals surface area contributed by atoms with Gasteiger partial charge in [-0.05, 0) is 74.7 Å². The molecular formula is C24H37NO3S. The Bertz CT molecular complexity index is 692. The number of thioether (sulfide) groups is 1. The van der Waals surface area contributed by atoms with Crippen LogP contribution < -0.4 is 5.32 Å². The van der Waals surface area contributed by atoms with E-state index in [9.17, 15) is 14.7 Å². The van der Waals surface area contributed by atoms with E-state index in [0.29, 0.717) is 40.3 Å². The summed E-state index contributed by atoms with van der Waals surface area (Å²) in [5.41, 5.74) is -0.146. The molecular weight excluding hydrogens is 382 g/mol. The fourth-order valence-electron chi connectivity index (χ4n) is 8.26. The van der Waals surface area contributed by atoms with Crippen LogP contribution in [0, 0.1) is 40.4 Å². The first-order valence-corrected chi connectivity index (χ1v) is 12.9. The maximum Gasteiger partial charge on any atom is 0.142 e. The Kier molecular flexibility index (Phi) is 5.19. The summed E-state index contributed by atoms with van der Waals surface area (Å²) < 4.78 is 0. The lowest BCUT2D eigenvalue weighted by atomic mass is 9.43. The normalized spacial score (nSPS) is 52.2. The molecule has 1 heterocycles. The maximum atomic E-state index is 13.7. The third-order valence-corrected chi connectivity index (χ3v) is 11.6. The van der Waals surface area contributed by atoms with Crippen LogP contribution in [-0.2, 0) is 9.59 Å². The highest BCUT2D eigenvalue weighted by molar-refractivity contribution is 8.00. The lowest BCUT2D eigenvalue weighted by Gasteiger charge is -2.61. The van der Waals surface area contributed by atoms with Gasteiger partial charge < -0.3 is 10.4 Å². The molecule has 0 aromatic rings. The monoisotopic (exact) mass is 419 g/mol. The van der Waals surface area contributed by atoms with Crippen molar-refractivity contribution in [3.05, 3.63) is 0 Å². The van der Waals surface area contributed by atoms with Gasteiger partial charge in [0, 0.05) is 40.7 Å². The summed E-state index contributed by atoms with van der Waals surface area (Å²) in [5.74, 6) is 1.40. The van der Waals surface area contributed by atoms with Crippen molar-refractivity contribution in [1.82, 2.24) is 5.32 Å². The molecule has 1 aliphatic heterocycles. The first-order valence-electron chi connectivity index (χ1n) is 11.9. The number of hydrogen-bond donors (Lipinski definition) is 2. The van der Waals surface area contributed by atoms with E-state index < -0.39 is 0 Å². The minimum atomic E-state index is -0.289. The summed E-state index contributed by atoms with van der Waals surface area (Å²) in [6, 6.07) is 0. The number of aliphatic hydroxyl groups excluding tert-OH is 1. The Labute approximate surface area is 179 Å². The molecule has 0 aromatic carbocycles. The van der Waals surface area contributed by atoms with Gasteiger partial charge >= 0.3 is 0 Å². The van der Waals surface area contributed by atoms with Crippen molar-refractivity contribution in [3.8, 4) is 0 Å². The molecule has 29 heavy (non-hydrogen) atoms. The summed E-state index contributed by atoms with van der Waals surface area (Å²) in [4.78, 5) is 26.4. The van der Waals surface area contributed by atoms with Gasteiger partial charge in [0.2, 0.25) is 0 Å². The first kappa shape index (κ1) is 20.5. The molecule has 5 heteroatoms. The SMILES string of the molecule is C[C@]12CCC(S[C@H]3CCNC3)CC1C(CO)C(=O)[C@@H]1[C@H]2CC[C@]2(C)C(=O)CC[C@@H]12. The second-order valence-electron chi connectivity index (χ2n) is 11.1. The predicted molar refractivity (Wildman–Crippen MR) is 116 cm³/mol. The zero-order valence-electron chi connectivity index (χ0n) is 18.0. The molecule has 1 saturated heterocycles. The highest BCUT2D eigenvalue weighted by Crippen LogP contribution is 2.66. The van der Waals surface area contributed by atoms with Crippen LogP contribution in [-0.4, -0.2) is 46.9 Å². The number of nitrogens with one attached hydrogen (secondary N) is 1. The van der Waals surface area contributed by atoms with Gasteiger partial charge in [-0.15, -0.1) is 0 Å². The summed E-state index contributed by atoms with van der Waals surface area (Å²) in [7, 11) is 0. The van der Waals surface area contributed by atoms with Gasteiger partial charge in [-0.2, -0.15) is 11.8 Å². The van der Waals surface area contributed by atoms with Crippen LogP contribution in [0.5, 0.6) is 0 Å². The Morgan fingerprint density at radius 2 is 1.86 bits per heavy atom. The summed E-state index contributed by atoms with van der Waals surface area (Å²) in [6.45, 7) is 6.79. The minimum absolute atomic E-state index is 0.00170. The number of rotatable bonds is 3. The molecule has 162 valence electrons. The number of carbonyl (C=O) groups excluding carboxylic acids is 2. The van der Waals surface area contributed by atoms with Gasteiger partial charge in [0.05, 0.1) is 6.61 Å².